The van der Waals surface area contributed by atoms with Crippen LogP contribution in [-0.4, -0.2) is 16.4 Å². The predicted octanol–water partition coefficient (Wildman–Crippen LogP) is 3.87. The molecular weight excluding hydrogens is 239 g/mol. The molecule has 0 aromatic rings. The molecule has 0 aliphatic heterocycles. The zero-order valence-corrected chi connectivity index (χ0v) is 12.0. The van der Waals surface area contributed by atoms with Gasteiger partial charge in [-0.05, 0) is 12.3 Å². The molecule has 0 aliphatic rings. The lowest BCUT2D eigenvalue weighted by Gasteiger charge is -2.16. The molecule has 0 radical (unpaired) electrons. The highest BCUT2D eigenvalue weighted by Crippen LogP contribution is 2.36. The monoisotopic (exact) mass is 266 g/mol. The Labute approximate surface area is 105 Å². The van der Waals surface area contributed by atoms with Crippen LogP contribution < -0.4 is 0 Å². The van der Waals surface area contributed by atoms with E-state index in [1.54, 1.807) is 0 Å². The highest BCUT2D eigenvalue weighted by atomic mass is 31.2. The van der Waals surface area contributed by atoms with Crippen LogP contribution >= 0.6 is 7.82 Å². The van der Waals surface area contributed by atoms with E-state index in [2.05, 4.69) is 18.4 Å². The minimum absolute atomic E-state index is 0.171. The maximum atomic E-state index is 10.6. The van der Waals surface area contributed by atoms with Crippen molar-refractivity contribution in [3.8, 4) is 0 Å². The number of hydrogen-bond donors (Lipinski definition) is 2. The molecule has 1 atom stereocenters. The lowest BCUT2D eigenvalue weighted by atomic mass is 9.93. The van der Waals surface area contributed by atoms with Crippen molar-refractivity contribution in [3.05, 3.63) is 0 Å². The molecule has 4 nitrogen and oxygen atoms in total. The minimum Gasteiger partial charge on any atom is -0.303 e. The molecule has 1 unspecified atom stereocenters. The van der Waals surface area contributed by atoms with E-state index in [1.165, 1.54) is 32.1 Å². The van der Waals surface area contributed by atoms with Crippen molar-refractivity contribution >= 4 is 7.82 Å². The van der Waals surface area contributed by atoms with E-state index in [1.807, 2.05) is 0 Å². The van der Waals surface area contributed by atoms with Crippen LogP contribution in [0.3, 0.4) is 0 Å². The Kier molecular flexibility index (Phi) is 10.1. The largest absolute Gasteiger partial charge is 0.469 e. The average molecular weight is 266 g/mol. The SMILES string of the molecule is CCCCCC(CCCC)CCOP(=O)(O)O. The fraction of sp³-hybridized carbons (Fsp3) is 1.00. The quantitative estimate of drug-likeness (QED) is 0.440. The van der Waals surface area contributed by atoms with Gasteiger partial charge in [-0.1, -0.05) is 58.8 Å². The summed E-state index contributed by atoms with van der Waals surface area (Å²) in [4.78, 5) is 17.2. The molecule has 0 heterocycles. The Morgan fingerprint density at radius 3 is 2.12 bits per heavy atom. The summed E-state index contributed by atoms with van der Waals surface area (Å²) < 4.78 is 15.1. The van der Waals surface area contributed by atoms with Crippen LogP contribution in [0.1, 0.15) is 65.2 Å². The van der Waals surface area contributed by atoms with Crippen LogP contribution in [0.5, 0.6) is 0 Å². The second-order valence-corrected chi connectivity index (χ2v) is 5.86. The van der Waals surface area contributed by atoms with Crippen molar-refractivity contribution in [2.24, 2.45) is 5.92 Å². The molecule has 2 N–H and O–H groups in total. The molecule has 0 rings (SSSR count). The number of phosphoric ester groups is 1. The van der Waals surface area contributed by atoms with Crippen molar-refractivity contribution in [2.45, 2.75) is 65.2 Å². The van der Waals surface area contributed by atoms with Crippen molar-refractivity contribution in [3.63, 3.8) is 0 Å². The molecule has 0 spiro atoms. The molecule has 0 aliphatic carbocycles. The van der Waals surface area contributed by atoms with Crippen molar-refractivity contribution < 1.29 is 18.9 Å². The number of hydrogen-bond acceptors (Lipinski definition) is 2. The first-order chi connectivity index (χ1) is 7.99. The third-order valence-corrected chi connectivity index (χ3v) is 3.49. The van der Waals surface area contributed by atoms with Gasteiger partial charge in [-0.3, -0.25) is 4.52 Å². The van der Waals surface area contributed by atoms with Gasteiger partial charge in [0.25, 0.3) is 0 Å². The summed E-state index contributed by atoms with van der Waals surface area (Å²) in [6.07, 6.45) is 9.07. The lowest BCUT2D eigenvalue weighted by molar-refractivity contribution is 0.180. The van der Waals surface area contributed by atoms with Crippen LogP contribution in [0.15, 0.2) is 0 Å². The molecule has 0 fully saturated rings. The molecule has 0 aromatic carbocycles. The summed E-state index contributed by atoms with van der Waals surface area (Å²) in [6, 6.07) is 0. The van der Waals surface area contributed by atoms with Gasteiger partial charge in [0.1, 0.15) is 0 Å². The van der Waals surface area contributed by atoms with Gasteiger partial charge in [0, 0.05) is 0 Å². The summed E-state index contributed by atoms with van der Waals surface area (Å²) >= 11 is 0. The van der Waals surface area contributed by atoms with Gasteiger partial charge in [-0.15, -0.1) is 0 Å². The van der Waals surface area contributed by atoms with E-state index in [0.29, 0.717) is 5.92 Å². The third kappa shape index (κ3) is 12.4. The molecule has 0 aromatic heterocycles. The summed E-state index contributed by atoms with van der Waals surface area (Å²) in [6.45, 7) is 4.51. The Morgan fingerprint density at radius 1 is 1.00 bits per heavy atom. The maximum Gasteiger partial charge on any atom is 0.469 e. The zero-order chi connectivity index (χ0) is 13.1. The van der Waals surface area contributed by atoms with Crippen molar-refractivity contribution in [1.82, 2.24) is 0 Å². The first kappa shape index (κ1) is 17.1. The number of rotatable bonds is 11. The molecule has 17 heavy (non-hydrogen) atoms. The highest BCUT2D eigenvalue weighted by molar-refractivity contribution is 7.46. The van der Waals surface area contributed by atoms with Crippen LogP contribution in [0, 0.1) is 5.92 Å². The van der Waals surface area contributed by atoms with E-state index >= 15 is 0 Å². The first-order valence-corrected chi connectivity index (χ1v) is 8.22. The fourth-order valence-corrected chi connectivity index (χ4v) is 2.29. The van der Waals surface area contributed by atoms with Gasteiger partial charge >= 0.3 is 7.82 Å². The highest BCUT2D eigenvalue weighted by Gasteiger charge is 2.15. The van der Waals surface area contributed by atoms with Gasteiger partial charge in [-0.2, -0.15) is 0 Å². The molecule has 0 saturated carbocycles. The van der Waals surface area contributed by atoms with Gasteiger partial charge in [0.15, 0.2) is 0 Å². The van der Waals surface area contributed by atoms with Crippen molar-refractivity contribution in [1.29, 1.82) is 0 Å². The van der Waals surface area contributed by atoms with Crippen LogP contribution in [0.25, 0.3) is 0 Å². The fourth-order valence-electron chi connectivity index (χ4n) is 1.95. The number of phosphoric acid groups is 1. The average Bonchev–Trinajstić information content (AvgIpc) is 2.23. The number of unbranched alkanes of at least 4 members (excludes halogenated alkanes) is 3. The van der Waals surface area contributed by atoms with Crippen LogP contribution in [0.2, 0.25) is 0 Å². The van der Waals surface area contributed by atoms with E-state index in [4.69, 9.17) is 9.79 Å². The standard InChI is InChI=1S/C12H27O4P/c1-3-5-7-9-12(8-6-4-2)10-11-16-17(13,14)15/h12H,3-11H2,1-2H3,(H2,13,14,15). The Morgan fingerprint density at radius 2 is 1.59 bits per heavy atom. The molecule has 0 bridgehead atoms. The normalized spacial score (nSPS) is 13.9. The molecule has 0 amide bonds. The lowest BCUT2D eigenvalue weighted by Crippen LogP contribution is -2.05. The van der Waals surface area contributed by atoms with Gasteiger partial charge in [-0.25, -0.2) is 4.57 Å². The van der Waals surface area contributed by atoms with E-state index < -0.39 is 7.82 Å². The Bertz CT molecular complexity index is 215. The summed E-state index contributed by atoms with van der Waals surface area (Å²) in [5.74, 6) is 0.549. The van der Waals surface area contributed by atoms with E-state index in [-0.39, 0.29) is 6.61 Å². The van der Waals surface area contributed by atoms with Gasteiger partial charge in [0.05, 0.1) is 6.61 Å². The smallest absolute Gasteiger partial charge is 0.303 e. The Hall–Kier alpha value is 0.110. The van der Waals surface area contributed by atoms with Crippen LogP contribution in [0.4, 0.5) is 0 Å². The van der Waals surface area contributed by atoms with Crippen LogP contribution in [-0.2, 0) is 9.09 Å². The van der Waals surface area contributed by atoms with E-state index in [9.17, 15) is 4.57 Å². The Balaban J connectivity index is 3.79. The van der Waals surface area contributed by atoms with E-state index in [0.717, 1.165) is 19.3 Å². The molecular formula is C12H27O4P. The second-order valence-electron chi connectivity index (χ2n) is 4.62. The van der Waals surface area contributed by atoms with Gasteiger partial charge < -0.3 is 9.79 Å². The second kappa shape index (κ2) is 10.1. The molecule has 104 valence electrons. The summed E-state index contributed by atoms with van der Waals surface area (Å²) in [5.41, 5.74) is 0. The van der Waals surface area contributed by atoms with Crippen molar-refractivity contribution in [2.75, 3.05) is 6.61 Å². The van der Waals surface area contributed by atoms with Gasteiger partial charge in [0.2, 0.25) is 0 Å². The third-order valence-electron chi connectivity index (χ3n) is 2.97. The maximum absolute atomic E-state index is 10.6. The molecule has 0 saturated heterocycles. The zero-order valence-electron chi connectivity index (χ0n) is 11.1. The summed E-state index contributed by atoms with van der Waals surface area (Å²) in [5, 5.41) is 0. The summed E-state index contributed by atoms with van der Waals surface area (Å²) in [7, 11) is -4.28. The predicted molar refractivity (Wildman–Crippen MR) is 69.8 cm³/mol. The molecule has 5 heteroatoms. The first-order valence-electron chi connectivity index (χ1n) is 6.69. The topological polar surface area (TPSA) is 66.8 Å². The minimum atomic E-state index is -4.28.